The first kappa shape index (κ1) is 18.1. The summed E-state index contributed by atoms with van der Waals surface area (Å²) in [4.78, 5) is 32.9. The van der Waals surface area contributed by atoms with Gasteiger partial charge in [-0.1, -0.05) is 42.1 Å². The molecule has 2 aromatic heterocycles. The Bertz CT molecular complexity index is 969. The van der Waals surface area contributed by atoms with Gasteiger partial charge in [-0.15, -0.1) is 5.10 Å². The van der Waals surface area contributed by atoms with Crippen LogP contribution in [0.15, 0.2) is 35.5 Å². The molecular formula is C18H18N4O3S. The summed E-state index contributed by atoms with van der Waals surface area (Å²) in [6.07, 6.45) is 1.91. The number of fused-ring (bicyclic) bond motifs is 1. The molecule has 0 fully saturated rings. The maximum Gasteiger partial charge on any atom is 0.310 e. The van der Waals surface area contributed by atoms with Crippen LogP contribution in [0.25, 0.3) is 5.78 Å². The first-order valence-electron chi connectivity index (χ1n) is 8.00. The number of thioether (sulfide) groups is 1. The largest absolute Gasteiger partial charge is 0.457 e. The number of carbonyl (C=O) groups excluding carboxylic acids is 2. The van der Waals surface area contributed by atoms with Crippen LogP contribution < -0.4 is 0 Å². The Morgan fingerprint density at radius 1 is 1.15 bits per heavy atom. The Kier molecular flexibility index (Phi) is 5.32. The summed E-state index contributed by atoms with van der Waals surface area (Å²) >= 11 is 1.43. The molecule has 0 bridgehead atoms. The number of Topliss-reactive ketones (excluding diaryl/α,β-unsaturated/α-hetero) is 1. The van der Waals surface area contributed by atoms with Crippen LogP contribution in [0.5, 0.6) is 0 Å². The van der Waals surface area contributed by atoms with E-state index in [1.165, 1.54) is 11.8 Å². The standard InChI is InChI=1S/C18H18N4O3S/c1-11-14(12(2)22-17(19-11)20-18(21-22)26-3)9-16(24)25-10-15(23)13-7-5-4-6-8-13/h4-8H,9-10H2,1-3H3. The number of ether oxygens (including phenoxy) is 1. The van der Waals surface area contributed by atoms with Crippen LogP contribution in [0.2, 0.25) is 0 Å². The summed E-state index contributed by atoms with van der Waals surface area (Å²) in [6, 6.07) is 8.74. The van der Waals surface area contributed by atoms with Crippen LogP contribution in [0, 0.1) is 13.8 Å². The minimum atomic E-state index is -0.480. The first-order valence-corrected chi connectivity index (χ1v) is 9.22. The average Bonchev–Trinajstić information content (AvgIpc) is 3.07. The summed E-state index contributed by atoms with van der Waals surface area (Å²) in [5.74, 6) is -0.214. The molecule has 134 valence electrons. The van der Waals surface area contributed by atoms with Crippen molar-refractivity contribution in [2.75, 3.05) is 12.9 Å². The van der Waals surface area contributed by atoms with Gasteiger partial charge in [-0.2, -0.15) is 4.98 Å². The SMILES string of the molecule is CSc1nc2nc(C)c(CC(=O)OCC(=O)c3ccccc3)c(C)n2n1. The Labute approximate surface area is 154 Å². The van der Waals surface area contributed by atoms with Gasteiger partial charge in [0.15, 0.2) is 12.4 Å². The van der Waals surface area contributed by atoms with E-state index in [-0.39, 0.29) is 18.8 Å². The fourth-order valence-corrected chi connectivity index (χ4v) is 2.92. The Morgan fingerprint density at radius 3 is 2.58 bits per heavy atom. The molecule has 0 amide bonds. The third kappa shape index (κ3) is 3.75. The van der Waals surface area contributed by atoms with E-state index in [0.717, 1.165) is 11.3 Å². The molecule has 0 aliphatic carbocycles. The maximum atomic E-state index is 12.2. The lowest BCUT2D eigenvalue weighted by Crippen LogP contribution is -2.17. The number of esters is 1. The van der Waals surface area contributed by atoms with Crippen LogP contribution in [0.1, 0.15) is 27.3 Å². The smallest absolute Gasteiger partial charge is 0.310 e. The number of nitrogens with zero attached hydrogens (tertiary/aromatic N) is 4. The fourth-order valence-electron chi connectivity index (χ4n) is 2.58. The highest BCUT2D eigenvalue weighted by molar-refractivity contribution is 7.98. The zero-order chi connectivity index (χ0) is 18.7. The molecule has 26 heavy (non-hydrogen) atoms. The molecule has 0 aliphatic heterocycles. The lowest BCUT2D eigenvalue weighted by atomic mass is 10.1. The first-order chi connectivity index (χ1) is 12.5. The third-order valence-corrected chi connectivity index (χ3v) is 4.53. The van der Waals surface area contributed by atoms with Crippen LogP contribution in [0.4, 0.5) is 0 Å². The second kappa shape index (κ2) is 7.65. The van der Waals surface area contributed by atoms with Crippen molar-refractivity contribution in [2.24, 2.45) is 0 Å². The van der Waals surface area contributed by atoms with Crippen molar-refractivity contribution in [3.8, 4) is 0 Å². The lowest BCUT2D eigenvalue weighted by Gasteiger charge is -2.10. The van der Waals surface area contributed by atoms with Crippen molar-refractivity contribution < 1.29 is 14.3 Å². The molecule has 7 nitrogen and oxygen atoms in total. The quantitative estimate of drug-likeness (QED) is 0.374. The van der Waals surface area contributed by atoms with Crippen LogP contribution in [-0.4, -0.2) is 44.2 Å². The van der Waals surface area contributed by atoms with Crippen molar-refractivity contribution in [2.45, 2.75) is 25.4 Å². The predicted octanol–water partition coefficient (Wildman–Crippen LogP) is 2.43. The van der Waals surface area contributed by atoms with Gasteiger partial charge in [0.1, 0.15) is 0 Å². The molecule has 3 rings (SSSR count). The molecular weight excluding hydrogens is 352 g/mol. The fraction of sp³-hybridized carbons (Fsp3) is 0.278. The molecule has 0 radical (unpaired) electrons. The van der Waals surface area contributed by atoms with Crippen molar-refractivity contribution in [1.29, 1.82) is 0 Å². The van der Waals surface area contributed by atoms with E-state index in [0.29, 0.717) is 22.2 Å². The number of ketones is 1. The van der Waals surface area contributed by atoms with Crippen molar-refractivity contribution >= 4 is 29.3 Å². The number of benzene rings is 1. The molecule has 0 atom stereocenters. The second-order valence-corrected chi connectivity index (χ2v) is 6.47. The average molecular weight is 370 g/mol. The highest BCUT2D eigenvalue weighted by Crippen LogP contribution is 2.17. The number of aryl methyl sites for hydroxylation is 2. The third-order valence-electron chi connectivity index (χ3n) is 3.99. The molecule has 0 saturated heterocycles. The van der Waals surface area contributed by atoms with E-state index in [1.807, 2.05) is 26.2 Å². The van der Waals surface area contributed by atoms with E-state index in [1.54, 1.807) is 28.8 Å². The molecule has 0 N–H and O–H groups in total. The van der Waals surface area contributed by atoms with Crippen LogP contribution >= 0.6 is 11.8 Å². The molecule has 0 spiro atoms. The summed E-state index contributed by atoms with van der Waals surface area (Å²) in [6.45, 7) is 3.40. The monoisotopic (exact) mass is 370 g/mol. The normalized spacial score (nSPS) is 10.9. The van der Waals surface area contributed by atoms with Gasteiger partial charge in [0.05, 0.1) is 6.42 Å². The summed E-state index contributed by atoms with van der Waals surface area (Å²) in [5.41, 5.74) is 2.73. The molecule has 1 aromatic carbocycles. The molecule has 8 heteroatoms. The molecule has 0 saturated carbocycles. The van der Waals surface area contributed by atoms with Crippen molar-refractivity contribution in [3.63, 3.8) is 0 Å². The number of aromatic nitrogens is 4. The number of hydrogen-bond acceptors (Lipinski definition) is 7. The van der Waals surface area contributed by atoms with Crippen molar-refractivity contribution in [1.82, 2.24) is 19.6 Å². The zero-order valence-electron chi connectivity index (χ0n) is 14.7. The van der Waals surface area contributed by atoms with E-state index in [4.69, 9.17) is 4.74 Å². The summed E-state index contributed by atoms with van der Waals surface area (Å²) in [7, 11) is 0. The summed E-state index contributed by atoms with van der Waals surface area (Å²) < 4.78 is 6.77. The van der Waals surface area contributed by atoms with Gasteiger partial charge < -0.3 is 4.74 Å². The van der Waals surface area contributed by atoms with Gasteiger partial charge in [-0.3, -0.25) is 9.59 Å². The number of carbonyl (C=O) groups is 2. The van der Waals surface area contributed by atoms with E-state index in [2.05, 4.69) is 15.1 Å². The highest BCUT2D eigenvalue weighted by Gasteiger charge is 2.17. The predicted molar refractivity (Wildman–Crippen MR) is 97.5 cm³/mol. The molecule has 0 unspecified atom stereocenters. The van der Waals surface area contributed by atoms with E-state index in [9.17, 15) is 9.59 Å². The van der Waals surface area contributed by atoms with Crippen LogP contribution in [0.3, 0.4) is 0 Å². The number of hydrogen-bond donors (Lipinski definition) is 0. The molecule has 0 aliphatic rings. The van der Waals surface area contributed by atoms with Gasteiger partial charge >= 0.3 is 5.97 Å². The minimum absolute atomic E-state index is 0.0249. The van der Waals surface area contributed by atoms with E-state index >= 15 is 0 Å². The second-order valence-electron chi connectivity index (χ2n) is 5.70. The topological polar surface area (TPSA) is 86.5 Å². The highest BCUT2D eigenvalue weighted by atomic mass is 32.2. The van der Waals surface area contributed by atoms with Gasteiger partial charge in [0, 0.05) is 22.5 Å². The summed E-state index contributed by atoms with van der Waals surface area (Å²) in [5, 5.41) is 4.97. The molecule has 2 heterocycles. The minimum Gasteiger partial charge on any atom is -0.457 e. The Hall–Kier alpha value is -2.74. The zero-order valence-corrected chi connectivity index (χ0v) is 15.5. The molecule has 3 aromatic rings. The van der Waals surface area contributed by atoms with Gasteiger partial charge in [-0.25, -0.2) is 9.50 Å². The van der Waals surface area contributed by atoms with Gasteiger partial charge in [0.2, 0.25) is 5.16 Å². The van der Waals surface area contributed by atoms with Gasteiger partial charge in [0.25, 0.3) is 5.78 Å². The maximum absolute atomic E-state index is 12.2. The Morgan fingerprint density at radius 2 is 1.88 bits per heavy atom. The van der Waals surface area contributed by atoms with Crippen molar-refractivity contribution in [3.05, 3.63) is 52.8 Å². The number of rotatable bonds is 6. The van der Waals surface area contributed by atoms with Gasteiger partial charge in [-0.05, 0) is 20.1 Å². The van der Waals surface area contributed by atoms with E-state index < -0.39 is 5.97 Å². The van der Waals surface area contributed by atoms with Crippen LogP contribution in [-0.2, 0) is 16.0 Å². The Balaban J connectivity index is 1.72. The lowest BCUT2D eigenvalue weighted by molar-refractivity contribution is -0.141.